The van der Waals surface area contributed by atoms with Gasteiger partial charge in [0.1, 0.15) is 0 Å². The summed E-state index contributed by atoms with van der Waals surface area (Å²) in [6.07, 6.45) is 1.08. The Morgan fingerprint density at radius 2 is 1.65 bits per heavy atom. The molecule has 2 nitrogen and oxygen atoms in total. The van der Waals surface area contributed by atoms with Crippen molar-refractivity contribution in [3.63, 3.8) is 0 Å². The summed E-state index contributed by atoms with van der Waals surface area (Å²) in [7, 11) is 2.12. The molecule has 0 spiro atoms. The smallest absolute Gasteiger partial charge is 0.0369 e. The van der Waals surface area contributed by atoms with Crippen molar-refractivity contribution in [2.45, 2.75) is 40.2 Å². The molecule has 1 aromatic carbocycles. The largest absolute Gasteiger partial charge is 0.373 e. The predicted molar refractivity (Wildman–Crippen MR) is 76.6 cm³/mol. The summed E-state index contributed by atoms with van der Waals surface area (Å²) in [6, 6.07) is 6.89. The lowest BCUT2D eigenvalue weighted by Gasteiger charge is -2.25. The van der Waals surface area contributed by atoms with Gasteiger partial charge in [0.25, 0.3) is 0 Å². The number of nitrogens with two attached hydrogens (primary N) is 1. The number of rotatable bonds is 5. The van der Waals surface area contributed by atoms with Crippen LogP contribution in [0.2, 0.25) is 0 Å². The second-order valence-electron chi connectivity index (χ2n) is 5.62. The van der Waals surface area contributed by atoms with E-state index in [1.54, 1.807) is 0 Å². The van der Waals surface area contributed by atoms with Gasteiger partial charge in [-0.1, -0.05) is 19.9 Å². The van der Waals surface area contributed by atoms with Gasteiger partial charge < -0.3 is 10.6 Å². The molecule has 0 aliphatic carbocycles. The summed E-state index contributed by atoms with van der Waals surface area (Å²) in [5.74, 6) is 0.664. The highest BCUT2D eigenvalue weighted by Crippen LogP contribution is 2.18. The van der Waals surface area contributed by atoms with Crippen molar-refractivity contribution >= 4 is 5.69 Å². The van der Waals surface area contributed by atoms with Crippen molar-refractivity contribution in [2.75, 3.05) is 18.5 Å². The first-order chi connectivity index (χ1) is 7.88. The molecule has 0 fully saturated rings. The Balaban J connectivity index is 2.66. The normalized spacial score (nSPS) is 12.9. The second-order valence-corrected chi connectivity index (χ2v) is 5.62. The average Bonchev–Trinajstić information content (AvgIpc) is 2.14. The molecule has 1 atom stereocenters. The molecular weight excluding hydrogens is 208 g/mol. The number of nitrogens with zero attached hydrogens (tertiary/aromatic N) is 1. The first-order valence-electron chi connectivity index (χ1n) is 6.43. The van der Waals surface area contributed by atoms with E-state index in [1.165, 1.54) is 16.8 Å². The molecule has 2 heteroatoms. The summed E-state index contributed by atoms with van der Waals surface area (Å²) >= 11 is 0. The van der Waals surface area contributed by atoms with E-state index in [-0.39, 0.29) is 6.04 Å². The van der Waals surface area contributed by atoms with Crippen LogP contribution in [-0.4, -0.2) is 19.6 Å². The lowest BCUT2D eigenvalue weighted by molar-refractivity contribution is 0.495. The summed E-state index contributed by atoms with van der Waals surface area (Å²) in [4.78, 5) is 2.26. The third-order valence-corrected chi connectivity index (χ3v) is 2.93. The molecule has 0 bridgehead atoms. The maximum absolute atomic E-state index is 6.15. The summed E-state index contributed by atoms with van der Waals surface area (Å²) in [5.41, 5.74) is 10.0. The lowest BCUT2D eigenvalue weighted by Crippen LogP contribution is -2.36. The van der Waals surface area contributed by atoms with Crippen LogP contribution < -0.4 is 10.6 Å². The third-order valence-electron chi connectivity index (χ3n) is 2.93. The molecule has 0 amide bonds. The molecule has 0 radical (unpaired) electrons. The van der Waals surface area contributed by atoms with Crippen LogP contribution in [0.15, 0.2) is 18.2 Å². The minimum absolute atomic E-state index is 0.251. The van der Waals surface area contributed by atoms with Crippen LogP contribution in [0.4, 0.5) is 5.69 Å². The van der Waals surface area contributed by atoms with Gasteiger partial charge in [0.2, 0.25) is 0 Å². The van der Waals surface area contributed by atoms with Gasteiger partial charge in [-0.3, -0.25) is 0 Å². The van der Waals surface area contributed by atoms with Gasteiger partial charge >= 0.3 is 0 Å². The quantitative estimate of drug-likeness (QED) is 0.848. The molecule has 0 unspecified atom stereocenters. The molecule has 0 saturated heterocycles. The van der Waals surface area contributed by atoms with Crippen molar-refractivity contribution in [1.82, 2.24) is 0 Å². The van der Waals surface area contributed by atoms with Crippen molar-refractivity contribution in [3.8, 4) is 0 Å². The highest BCUT2D eigenvalue weighted by atomic mass is 15.1. The molecule has 0 saturated carbocycles. The minimum Gasteiger partial charge on any atom is -0.373 e. The zero-order valence-electron chi connectivity index (χ0n) is 11.8. The van der Waals surface area contributed by atoms with Gasteiger partial charge in [-0.25, -0.2) is 0 Å². The van der Waals surface area contributed by atoms with E-state index < -0.39 is 0 Å². The SMILES string of the molecule is Cc1cc(C)cc(N(C)C[C@@H](N)CC(C)C)c1. The van der Waals surface area contributed by atoms with E-state index >= 15 is 0 Å². The topological polar surface area (TPSA) is 29.3 Å². The monoisotopic (exact) mass is 234 g/mol. The van der Waals surface area contributed by atoms with Crippen LogP contribution in [0.1, 0.15) is 31.4 Å². The number of likely N-dealkylation sites (N-methyl/N-ethyl adjacent to an activating group) is 1. The fourth-order valence-corrected chi connectivity index (χ4v) is 2.31. The zero-order valence-corrected chi connectivity index (χ0v) is 11.8. The molecule has 0 aliphatic rings. The van der Waals surface area contributed by atoms with Crippen molar-refractivity contribution < 1.29 is 0 Å². The predicted octanol–water partition coefficient (Wildman–Crippen LogP) is 3.11. The van der Waals surface area contributed by atoms with Crippen molar-refractivity contribution in [1.29, 1.82) is 0 Å². The molecule has 0 aromatic heterocycles. The highest BCUT2D eigenvalue weighted by Gasteiger charge is 2.10. The van der Waals surface area contributed by atoms with E-state index in [0.29, 0.717) is 5.92 Å². The molecular formula is C15H26N2. The average molecular weight is 234 g/mol. The first-order valence-corrected chi connectivity index (χ1v) is 6.43. The molecule has 96 valence electrons. The van der Waals surface area contributed by atoms with Crippen molar-refractivity contribution in [3.05, 3.63) is 29.3 Å². The van der Waals surface area contributed by atoms with Gasteiger partial charge in [-0.05, 0) is 49.4 Å². The Hall–Kier alpha value is -1.02. The lowest BCUT2D eigenvalue weighted by atomic mass is 10.0. The number of anilines is 1. The van der Waals surface area contributed by atoms with E-state index in [4.69, 9.17) is 5.73 Å². The Labute approximate surface area is 106 Å². The number of hydrogen-bond donors (Lipinski definition) is 1. The Bertz CT molecular complexity index is 338. The first kappa shape index (κ1) is 14.0. The van der Waals surface area contributed by atoms with Crippen LogP contribution in [0.5, 0.6) is 0 Å². The van der Waals surface area contributed by atoms with Crippen molar-refractivity contribution in [2.24, 2.45) is 11.7 Å². The minimum atomic E-state index is 0.251. The molecule has 0 aliphatic heterocycles. The Morgan fingerprint density at radius 1 is 1.12 bits per heavy atom. The third kappa shape index (κ3) is 4.78. The molecule has 17 heavy (non-hydrogen) atoms. The number of aryl methyl sites for hydroxylation is 2. The zero-order chi connectivity index (χ0) is 13.0. The highest BCUT2D eigenvalue weighted by molar-refractivity contribution is 5.50. The van der Waals surface area contributed by atoms with Crippen LogP contribution >= 0.6 is 0 Å². The molecule has 2 N–H and O–H groups in total. The maximum Gasteiger partial charge on any atom is 0.0369 e. The van der Waals surface area contributed by atoms with Gasteiger partial charge in [-0.15, -0.1) is 0 Å². The summed E-state index contributed by atoms with van der Waals surface area (Å²) in [5, 5.41) is 0. The number of hydrogen-bond acceptors (Lipinski definition) is 2. The van der Waals surface area contributed by atoms with E-state index in [0.717, 1.165) is 13.0 Å². The molecule has 1 rings (SSSR count). The van der Waals surface area contributed by atoms with Gasteiger partial charge in [-0.2, -0.15) is 0 Å². The van der Waals surface area contributed by atoms with Crippen LogP contribution in [0.3, 0.4) is 0 Å². The van der Waals surface area contributed by atoms with Gasteiger partial charge in [0.15, 0.2) is 0 Å². The van der Waals surface area contributed by atoms with Crippen LogP contribution in [0, 0.1) is 19.8 Å². The van der Waals surface area contributed by atoms with Crippen LogP contribution in [0.25, 0.3) is 0 Å². The van der Waals surface area contributed by atoms with E-state index in [1.807, 2.05) is 0 Å². The molecule has 1 aromatic rings. The Morgan fingerprint density at radius 3 is 2.12 bits per heavy atom. The fraction of sp³-hybridized carbons (Fsp3) is 0.600. The van der Waals surface area contributed by atoms with E-state index in [2.05, 4.69) is 57.8 Å². The summed E-state index contributed by atoms with van der Waals surface area (Å²) in [6.45, 7) is 9.63. The van der Waals surface area contributed by atoms with E-state index in [9.17, 15) is 0 Å². The van der Waals surface area contributed by atoms with Crippen LogP contribution in [-0.2, 0) is 0 Å². The Kier molecular flexibility index (Phi) is 5.01. The van der Waals surface area contributed by atoms with Gasteiger partial charge in [0, 0.05) is 25.3 Å². The fourth-order valence-electron chi connectivity index (χ4n) is 2.31. The second kappa shape index (κ2) is 6.06. The number of benzene rings is 1. The summed E-state index contributed by atoms with van der Waals surface area (Å²) < 4.78 is 0. The maximum atomic E-state index is 6.15. The standard InChI is InChI=1S/C15H26N2/c1-11(2)6-14(16)10-17(5)15-8-12(3)7-13(4)9-15/h7-9,11,14H,6,10,16H2,1-5H3/t14-/m0/s1. The van der Waals surface area contributed by atoms with Gasteiger partial charge in [0.05, 0.1) is 0 Å². The molecule has 0 heterocycles.